The minimum atomic E-state index is -0.375. The molecule has 0 aliphatic carbocycles. The summed E-state index contributed by atoms with van der Waals surface area (Å²) in [5, 5.41) is 0. The first-order chi connectivity index (χ1) is 7.68. The van der Waals surface area contributed by atoms with Gasteiger partial charge in [0.2, 0.25) is 0 Å². The van der Waals surface area contributed by atoms with Crippen LogP contribution in [0, 0.1) is 25.7 Å². The lowest BCUT2D eigenvalue weighted by molar-refractivity contribution is 0.439. The summed E-state index contributed by atoms with van der Waals surface area (Å²) in [5.41, 5.74) is 2.14. The van der Waals surface area contributed by atoms with Gasteiger partial charge < -0.3 is 4.74 Å². The van der Waals surface area contributed by atoms with Crippen LogP contribution in [0.3, 0.4) is 0 Å². The molecular formula is C14H12FO. The molecule has 0 aliphatic rings. The molecule has 0 N–H and O–H groups in total. The molecule has 0 aromatic heterocycles. The maximum atomic E-state index is 13.4. The molecule has 0 bridgehead atoms. The SMILES string of the molecule is Cc1cccc(Oc2c[c]ccc2F)c1C. The van der Waals surface area contributed by atoms with Crippen LogP contribution >= 0.6 is 0 Å². The van der Waals surface area contributed by atoms with Crippen LogP contribution in [0.5, 0.6) is 11.5 Å². The first kappa shape index (κ1) is 10.7. The fourth-order valence-electron chi connectivity index (χ4n) is 1.43. The van der Waals surface area contributed by atoms with Crippen LogP contribution in [0.2, 0.25) is 0 Å². The molecule has 0 fully saturated rings. The Kier molecular flexibility index (Phi) is 2.91. The van der Waals surface area contributed by atoms with Gasteiger partial charge in [0, 0.05) is 0 Å². The number of benzene rings is 2. The molecule has 2 rings (SSSR count). The molecule has 2 aromatic carbocycles. The minimum absolute atomic E-state index is 0.205. The van der Waals surface area contributed by atoms with Crippen LogP contribution in [-0.4, -0.2) is 0 Å². The molecule has 0 heterocycles. The Morgan fingerprint density at radius 1 is 1.12 bits per heavy atom. The van der Waals surface area contributed by atoms with Gasteiger partial charge in [0.1, 0.15) is 5.75 Å². The van der Waals surface area contributed by atoms with Crippen LogP contribution in [0.25, 0.3) is 0 Å². The van der Waals surface area contributed by atoms with Crippen molar-refractivity contribution in [3.05, 3.63) is 59.4 Å². The molecule has 0 saturated heterocycles. The van der Waals surface area contributed by atoms with Gasteiger partial charge in [0.05, 0.1) is 0 Å². The van der Waals surface area contributed by atoms with Gasteiger partial charge >= 0.3 is 0 Å². The van der Waals surface area contributed by atoms with E-state index in [-0.39, 0.29) is 11.6 Å². The standard InChI is InChI=1S/C14H12FO/c1-10-6-5-9-13(11(10)2)16-14-8-4-3-7-12(14)15/h3,5-9H,1-2H3. The second-order valence-electron chi connectivity index (χ2n) is 3.66. The summed E-state index contributed by atoms with van der Waals surface area (Å²) in [6.07, 6.45) is 0. The number of rotatable bonds is 2. The van der Waals surface area contributed by atoms with Crippen LogP contribution in [0.4, 0.5) is 4.39 Å². The van der Waals surface area contributed by atoms with Crippen molar-refractivity contribution in [3.63, 3.8) is 0 Å². The van der Waals surface area contributed by atoms with Gasteiger partial charge in [-0.1, -0.05) is 18.2 Å². The van der Waals surface area contributed by atoms with Crippen molar-refractivity contribution in [1.29, 1.82) is 0 Å². The van der Waals surface area contributed by atoms with Crippen LogP contribution < -0.4 is 4.74 Å². The highest BCUT2D eigenvalue weighted by Crippen LogP contribution is 2.28. The lowest BCUT2D eigenvalue weighted by Gasteiger charge is -2.10. The van der Waals surface area contributed by atoms with E-state index in [9.17, 15) is 4.39 Å². The van der Waals surface area contributed by atoms with E-state index in [2.05, 4.69) is 6.07 Å². The zero-order chi connectivity index (χ0) is 11.5. The Morgan fingerprint density at radius 2 is 1.94 bits per heavy atom. The lowest BCUT2D eigenvalue weighted by atomic mass is 10.1. The average molecular weight is 215 g/mol. The fourth-order valence-corrected chi connectivity index (χ4v) is 1.43. The monoisotopic (exact) mass is 215 g/mol. The largest absolute Gasteiger partial charge is 0.454 e. The second-order valence-corrected chi connectivity index (χ2v) is 3.66. The predicted octanol–water partition coefficient (Wildman–Crippen LogP) is 4.04. The first-order valence-corrected chi connectivity index (χ1v) is 5.08. The molecule has 0 unspecified atom stereocenters. The molecule has 2 heteroatoms. The van der Waals surface area contributed by atoms with Crippen molar-refractivity contribution >= 4 is 0 Å². The molecule has 0 spiro atoms. The molecule has 81 valence electrons. The van der Waals surface area contributed by atoms with Crippen molar-refractivity contribution in [3.8, 4) is 11.5 Å². The molecule has 16 heavy (non-hydrogen) atoms. The van der Waals surface area contributed by atoms with Gasteiger partial charge in [0.15, 0.2) is 11.6 Å². The molecule has 0 amide bonds. The molecule has 0 saturated carbocycles. The highest BCUT2D eigenvalue weighted by atomic mass is 19.1. The predicted molar refractivity (Wildman–Crippen MR) is 61.2 cm³/mol. The van der Waals surface area contributed by atoms with E-state index >= 15 is 0 Å². The number of hydrogen-bond donors (Lipinski definition) is 0. The summed E-state index contributed by atoms with van der Waals surface area (Å²) in [5.74, 6) is 0.509. The van der Waals surface area contributed by atoms with E-state index in [1.807, 2.05) is 32.0 Å². The second kappa shape index (κ2) is 4.35. The van der Waals surface area contributed by atoms with E-state index in [0.717, 1.165) is 11.1 Å². The summed E-state index contributed by atoms with van der Waals surface area (Å²) >= 11 is 0. The van der Waals surface area contributed by atoms with Crippen LogP contribution in [-0.2, 0) is 0 Å². The zero-order valence-electron chi connectivity index (χ0n) is 9.25. The van der Waals surface area contributed by atoms with Crippen molar-refractivity contribution in [2.75, 3.05) is 0 Å². The third-order valence-electron chi connectivity index (χ3n) is 2.55. The average Bonchev–Trinajstić information content (AvgIpc) is 2.28. The maximum absolute atomic E-state index is 13.4. The molecule has 1 nitrogen and oxygen atoms in total. The summed E-state index contributed by atoms with van der Waals surface area (Å²) in [6.45, 7) is 3.95. The molecular weight excluding hydrogens is 203 g/mol. The van der Waals surface area contributed by atoms with Crippen LogP contribution in [0.1, 0.15) is 11.1 Å². The number of halogens is 1. The summed E-state index contributed by atoms with van der Waals surface area (Å²) in [7, 11) is 0. The summed E-state index contributed by atoms with van der Waals surface area (Å²) in [6, 6.07) is 12.9. The Balaban J connectivity index is 2.35. The Morgan fingerprint density at radius 3 is 2.69 bits per heavy atom. The Labute approximate surface area is 94.5 Å². The van der Waals surface area contributed by atoms with Gasteiger partial charge in [-0.2, -0.15) is 0 Å². The van der Waals surface area contributed by atoms with E-state index in [1.165, 1.54) is 18.2 Å². The summed E-state index contributed by atoms with van der Waals surface area (Å²) < 4.78 is 18.9. The smallest absolute Gasteiger partial charge is 0.165 e. The normalized spacial score (nSPS) is 10.2. The molecule has 2 aromatic rings. The van der Waals surface area contributed by atoms with Gasteiger partial charge in [-0.15, -0.1) is 0 Å². The first-order valence-electron chi connectivity index (χ1n) is 5.08. The van der Waals surface area contributed by atoms with Crippen molar-refractivity contribution in [1.82, 2.24) is 0 Å². The highest BCUT2D eigenvalue weighted by molar-refractivity contribution is 5.41. The van der Waals surface area contributed by atoms with Crippen molar-refractivity contribution < 1.29 is 9.13 Å². The molecule has 0 atom stereocenters. The van der Waals surface area contributed by atoms with E-state index < -0.39 is 0 Å². The van der Waals surface area contributed by atoms with E-state index in [4.69, 9.17) is 4.74 Å². The van der Waals surface area contributed by atoms with Crippen molar-refractivity contribution in [2.24, 2.45) is 0 Å². The van der Waals surface area contributed by atoms with Crippen LogP contribution in [0.15, 0.2) is 36.4 Å². The highest BCUT2D eigenvalue weighted by Gasteiger charge is 2.06. The van der Waals surface area contributed by atoms with Crippen molar-refractivity contribution in [2.45, 2.75) is 13.8 Å². The maximum Gasteiger partial charge on any atom is 0.165 e. The summed E-state index contributed by atoms with van der Waals surface area (Å²) in [4.78, 5) is 0. The van der Waals surface area contributed by atoms with E-state index in [0.29, 0.717) is 5.75 Å². The lowest BCUT2D eigenvalue weighted by Crippen LogP contribution is -1.91. The van der Waals surface area contributed by atoms with Gasteiger partial charge in [-0.25, -0.2) is 4.39 Å². The van der Waals surface area contributed by atoms with Gasteiger partial charge in [-0.3, -0.25) is 0 Å². The third-order valence-corrected chi connectivity index (χ3v) is 2.55. The number of aryl methyl sites for hydroxylation is 1. The third kappa shape index (κ3) is 2.06. The van der Waals surface area contributed by atoms with E-state index in [1.54, 1.807) is 0 Å². The minimum Gasteiger partial charge on any atom is -0.454 e. The topological polar surface area (TPSA) is 9.23 Å². The number of hydrogen-bond acceptors (Lipinski definition) is 1. The zero-order valence-corrected chi connectivity index (χ0v) is 9.25. The quantitative estimate of drug-likeness (QED) is 0.734. The molecule has 1 radical (unpaired) electrons. The number of ether oxygens (including phenoxy) is 1. The Hall–Kier alpha value is -1.83. The molecule has 0 aliphatic heterocycles. The van der Waals surface area contributed by atoms with Gasteiger partial charge in [0.25, 0.3) is 0 Å². The fraction of sp³-hybridized carbons (Fsp3) is 0.143. The Bertz CT molecular complexity index is 506. The van der Waals surface area contributed by atoms with Gasteiger partial charge in [-0.05, 0) is 49.2 Å².